The topological polar surface area (TPSA) is 64.4 Å². The monoisotopic (exact) mass is 304 g/mol. The quantitative estimate of drug-likeness (QED) is 0.840. The molecule has 0 unspecified atom stereocenters. The first kappa shape index (κ1) is 14.5. The average molecular weight is 304 g/mol. The third kappa shape index (κ3) is 2.68. The maximum absolute atomic E-state index is 12.7. The third-order valence-electron chi connectivity index (χ3n) is 4.61. The number of benzene rings is 1. The van der Waals surface area contributed by atoms with Gasteiger partial charge in [0.25, 0.3) is 0 Å². The average Bonchev–Trinajstić information content (AvgIpc) is 2.95. The number of carbonyl (C=O) groups excluding carboxylic acids is 1. The Balaban J connectivity index is 1.79. The molecule has 5 heteroatoms. The van der Waals surface area contributed by atoms with Crippen LogP contribution in [0.3, 0.4) is 0 Å². The SMILES string of the molecule is NC(=S)C1(C(=O)Nc2ccc3c(c2)CCC3)CCOCC1. The summed E-state index contributed by atoms with van der Waals surface area (Å²) in [5, 5.41) is 3.00. The van der Waals surface area contributed by atoms with Crippen LogP contribution in [-0.4, -0.2) is 24.1 Å². The predicted molar refractivity (Wildman–Crippen MR) is 86.4 cm³/mol. The molecule has 1 heterocycles. The van der Waals surface area contributed by atoms with Gasteiger partial charge in [0.1, 0.15) is 5.41 Å². The predicted octanol–water partition coefficient (Wildman–Crippen LogP) is 2.20. The first-order valence-electron chi connectivity index (χ1n) is 7.43. The number of fused-ring (bicyclic) bond motifs is 1. The zero-order valence-electron chi connectivity index (χ0n) is 12.0. The fourth-order valence-corrected chi connectivity index (χ4v) is 3.50. The van der Waals surface area contributed by atoms with E-state index < -0.39 is 5.41 Å². The molecule has 1 aromatic rings. The van der Waals surface area contributed by atoms with E-state index in [4.69, 9.17) is 22.7 Å². The van der Waals surface area contributed by atoms with Crippen LogP contribution in [0.5, 0.6) is 0 Å². The molecule has 21 heavy (non-hydrogen) atoms. The molecule has 1 amide bonds. The maximum Gasteiger partial charge on any atom is 0.237 e. The van der Waals surface area contributed by atoms with Gasteiger partial charge in [-0.15, -0.1) is 0 Å². The highest BCUT2D eigenvalue weighted by molar-refractivity contribution is 7.80. The molecule has 1 saturated heterocycles. The minimum atomic E-state index is -0.771. The van der Waals surface area contributed by atoms with Crippen molar-refractivity contribution in [2.75, 3.05) is 18.5 Å². The van der Waals surface area contributed by atoms with Gasteiger partial charge >= 0.3 is 0 Å². The molecule has 1 aromatic carbocycles. The van der Waals surface area contributed by atoms with Crippen molar-refractivity contribution in [3.05, 3.63) is 29.3 Å². The molecule has 0 spiro atoms. The number of anilines is 1. The molecule has 0 radical (unpaired) electrons. The summed E-state index contributed by atoms with van der Waals surface area (Å²) in [6, 6.07) is 6.15. The number of hydrogen-bond acceptors (Lipinski definition) is 3. The molecular weight excluding hydrogens is 284 g/mol. The second-order valence-electron chi connectivity index (χ2n) is 5.85. The summed E-state index contributed by atoms with van der Waals surface area (Å²) < 4.78 is 5.34. The Hall–Kier alpha value is -1.46. The van der Waals surface area contributed by atoms with Crippen LogP contribution in [0, 0.1) is 5.41 Å². The van der Waals surface area contributed by atoms with Gasteiger partial charge in [-0.05, 0) is 55.4 Å². The number of amides is 1. The fraction of sp³-hybridized carbons (Fsp3) is 0.500. The van der Waals surface area contributed by atoms with Crippen LogP contribution in [-0.2, 0) is 22.4 Å². The van der Waals surface area contributed by atoms with E-state index in [0.717, 1.165) is 18.5 Å². The minimum Gasteiger partial charge on any atom is -0.392 e. The Kier molecular flexibility index (Phi) is 3.95. The molecule has 4 nitrogen and oxygen atoms in total. The van der Waals surface area contributed by atoms with E-state index in [1.807, 2.05) is 6.07 Å². The number of hydrogen-bond donors (Lipinski definition) is 2. The summed E-state index contributed by atoms with van der Waals surface area (Å²) in [7, 11) is 0. The van der Waals surface area contributed by atoms with Crippen LogP contribution in [0.1, 0.15) is 30.4 Å². The highest BCUT2D eigenvalue weighted by Gasteiger charge is 2.43. The number of ether oxygens (including phenoxy) is 1. The molecule has 0 atom stereocenters. The van der Waals surface area contributed by atoms with Crippen molar-refractivity contribution in [3.8, 4) is 0 Å². The van der Waals surface area contributed by atoms with Gasteiger partial charge in [0.2, 0.25) is 5.91 Å². The Morgan fingerprint density at radius 3 is 2.67 bits per heavy atom. The number of thiocarbonyl (C=S) groups is 1. The zero-order chi connectivity index (χ0) is 14.9. The Morgan fingerprint density at radius 1 is 1.24 bits per heavy atom. The number of nitrogens with two attached hydrogens (primary N) is 1. The highest BCUT2D eigenvalue weighted by Crippen LogP contribution is 2.33. The molecule has 3 rings (SSSR count). The molecule has 0 saturated carbocycles. The van der Waals surface area contributed by atoms with Crippen LogP contribution in [0.2, 0.25) is 0 Å². The lowest BCUT2D eigenvalue weighted by Crippen LogP contribution is -2.49. The van der Waals surface area contributed by atoms with Crippen molar-refractivity contribution in [2.45, 2.75) is 32.1 Å². The van der Waals surface area contributed by atoms with Gasteiger partial charge in [-0.3, -0.25) is 4.79 Å². The molecule has 2 aliphatic rings. The van der Waals surface area contributed by atoms with E-state index in [9.17, 15) is 4.79 Å². The summed E-state index contributed by atoms with van der Waals surface area (Å²) in [5.74, 6) is -0.101. The molecule has 0 bridgehead atoms. The first-order chi connectivity index (χ1) is 10.1. The van der Waals surface area contributed by atoms with E-state index in [1.54, 1.807) is 0 Å². The lowest BCUT2D eigenvalue weighted by Gasteiger charge is -2.34. The summed E-state index contributed by atoms with van der Waals surface area (Å²) in [5.41, 5.74) is 8.66. The number of rotatable bonds is 3. The van der Waals surface area contributed by atoms with E-state index in [1.165, 1.54) is 17.5 Å². The van der Waals surface area contributed by atoms with E-state index in [-0.39, 0.29) is 10.9 Å². The van der Waals surface area contributed by atoms with Crippen molar-refractivity contribution in [3.63, 3.8) is 0 Å². The smallest absolute Gasteiger partial charge is 0.237 e. The molecule has 112 valence electrons. The second kappa shape index (κ2) is 5.73. The van der Waals surface area contributed by atoms with Gasteiger partial charge in [-0.2, -0.15) is 0 Å². The maximum atomic E-state index is 12.7. The van der Waals surface area contributed by atoms with Crippen LogP contribution < -0.4 is 11.1 Å². The van der Waals surface area contributed by atoms with E-state index >= 15 is 0 Å². The molecule has 3 N–H and O–H groups in total. The normalized spacial score (nSPS) is 19.8. The van der Waals surface area contributed by atoms with Crippen LogP contribution in [0.25, 0.3) is 0 Å². The zero-order valence-corrected chi connectivity index (χ0v) is 12.8. The number of aryl methyl sites for hydroxylation is 2. The summed E-state index contributed by atoms with van der Waals surface area (Å²) in [6.07, 6.45) is 4.53. The van der Waals surface area contributed by atoms with Crippen molar-refractivity contribution >= 4 is 28.8 Å². The highest BCUT2D eigenvalue weighted by atomic mass is 32.1. The lowest BCUT2D eigenvalue weighted by molar-refractivity contribution is -0.126. The molecule has 1 aliphatic carbocycles. The Morgan fingerprint density at radius 2 is 1.95 bits per heavy atom. The van der Waals surface area contributed by atoms with E-state index in [0.29, 0.717) is 26.1 Å². The molecule has 1 aliphatic heterocycles. The van der Waals surface area contributed by atoms with Gasteiger partial charge in [-0.25, -0.2) is 0 Å². The van der Waals surface area contributed by atoms with Crippen LogP contribution in [0.15, 0.2) is 18.2 Å². The number of carbonyl (C=O) groups is 1. The first-order valence-corrected chi connectivity index (χ1v) is 7.83. The third-order valence-corrected chi connectivity index (χ3v) is 5.00. The van der Waals surface area contributed by atoms with Crippen molar-refractivity contribution in [1.82, 2.24) is 0 Å². The minimum absolute atomic E-state index is 0.101. The standard InChI is InChI=1S/C16H20N2O2S/c17-14(21)16(6-8-20-9-7-16)15(19)18-13-5-4-11-2-1-3-12(11)10-13/h4-5,10H,1-3,6-9H2,(H2,17,21)(H,18,19). The van der Waals surface area contributed by atoms with Gasteiger partial charge in [0.15, 0.2) is 0 Å². The summed E-state index contributed by atoms with van der Waals surface area (Å²) in [6.45, 7) is 1.05. The largest absolute Gasteiger partial charge is 0.392 e. The summed E-state index contributed by atoms with van der Waals surface area (Å²) in [4.78, 5) is 13.0. The molecule has 0 aromatic heterocycles. The fourth-order valence-electron chi connectivity index (χ4n) is 3.21. The van der Waals surface area contributed by atoms with Gasteiger partial charge in [0.05, 0.1) is 4.99 Å². The van der Waals surface area contributed by atoms with Crippen molar-refractivity contribution in [2.24, 2.45) is 11.1 Å². The van der Waals surface area contributed by atoms with Crippen molar-refractivity contribution in [1.29, 1.82) is 0 Å². The Bertz CT molecular complexity index is 580. The van der Waals surface area contributed by atoms with Crippen molar-refractivity contribution < 1.29 is 9.53 Å². The second-order valence-corrected chi connectivity index (χ2v) is 6.29. The lowest BCUT2D eigenvalue weighted by atomic mass is 9.79. The van der Waals surface area contributed by atoms with Gasteiger partial charge < -0.3 is 15.8 Å². The van der Waals surface area contributed by atoms with E-state index in [2.05, 4.69) is 17.4 Å². The van der Waals surface area contributed by atoms with Gasteiger partial charge in [0, 0.05) is 18.9 Å². The number of nitrogens with one attached hydrogen (secondary N) is 1. The summed E-state index contributed by atoms with van der Waals surface area (Å²) >= 11 is 5.16. The van der Waals surface area contributed by atoms with Gasteiger partial charge in [-0.1, -0.05) is 18.3 Å². The van der Waals surface area contributed by atoms with Crippen LogP contribution >= 0.6 is 12.2 Å². The molecule has 1 fully saturated rings. The Labute approximate surface area is 130 Å². The van der Waals surface area contributed by atoms with Crippen LogP contribution in [0.4, 0.5) is 5.69 Å². The molecular formula is C16H20N2O2S.